The average Bonchev–Trinajstić information content (AvgIpc) is 2.57. The van der Waals surface area contributed by atoms with Crippen molar-refractivity contribution >= 4 is 23.5 Å². The van der Waals surface area contributed by atoms with E-state index in [0.717, 1.165) is 11.1 Å². The molecule has 0 radical (unpaired) electrons. The predicted octanol–water partition coefficient (Wildman–Crippen LogP) is 2.04. The van der Waals surface area contributed by atoms with Gasteiger partial charge in [0.05, 0.1) is 0 Å². The molecule has 1 aromatic carbocycles. The number of carbonyl (C=O) groups is 1. The van der Waals surface area contributed by atoms with E-state index in [1.54, 1.807) is 0 Å². The summed E-state index contributed by atoms with van der Waals surface area (Å²) in [7, 11) is 0. The molecule has 2 rings (SSSR count). The number of carbonyl (C=O) groups excluding carboxylic acids is 1. The van der Waals surface area contributed by atoms with E-state index < -0.39 is 0 Å². The van der Waals surface area contributed by atoms with Gasteiger partial charge in [0.15, 0.2) is 5.58 Å². The largest absolute Gasteiger partial charge is 0.437 e. The number of aromatic nitrogens is 1. The third kappa shape index (κ3) is 1.49. The lowest BCUT2D eigenvalue weighted by Crippen LogP contribution is -1.68. The number of nitrogens with zero attached hydrogens (tertiary/aromatic N) is 1. The Kier molecular flexibility index (Phi) is 1.92. The molecule has 0 spiro atoms. The smallest absolute Gasteiger partial charge is 0.220 e. The van der Waals surface area contributed by atoms with Gasteiger partial charge in [-0.25, -0.2) is 4.98 Å². The van der Waals surface area contributed by atoms with Crippen LogP contribution < -0.4 is 0 Å². The van der Waals surface area contributed by atoms with Crippen LogP contribution in [0.2, 0.25) is 0 Å². The number of rotatable bonds is 2. The molecule has 0 atom stereocenters. The van der Waals surface area contributed by atoms with Crippen molar-refractivity contribution in [1.82, 2.24) is 4.98 Å². The van der Waals surface area contributed by atoms with Crippen molar-refractivity contribution in [2.45, 2.75) is 0 Å². The maximum atomic E-state index is 10.0. The van der Waals surface area contributed by atoms with Gasteiger partial charge in [0, 0.05) is 6.08 Å². The lowest BCUT2D eigenvalue weighted by atomic mass is 10.3. The summed E-state index contributed by atoms with van der Waals surface area (Å²) in [5, 5.41) is 0. The van der Waals surface area contributed by atoms with Crippen LogP contribution in [0.25, 0.3) is 17.2 Å². The Hall–Kier alpha value is -1.90. The Labute approximate surface area is 74.7 Å². The van der Waals surface area contributed by atoms with Gasteiger partial charge in [0.2, 0.25) is 5.89 Å². The molecule has 0 N–H and O–H groups in total. The fourth-order valence-electron chi connectivity index (χ4n) is 1.08. The molecule has 0 aliphatic rings. The first-order chi connectivity index (χ1) is 6.40. The maximum absolute atomic E-state index is 10.0. The Morgan fingerprint density at radius 1 is 1.31 bits per heavy atom. The second-order valence-corrected chi connectivity index (χ2v) is 2.52. The molecule has 1 aromatic heterocycles. The molecule has 0 fully saturated rings. The molecule has 0 bridgehead atoms. The fraction of sp³-hybridized carbons (Fsp3) is 0. The standard InChI is InChI=1S/C10H7NO2/c12-7-3-6-10-11-8-4-1-2-5-9(8)13-10/h1-7H/b6-3+. The summed E-state index contributed by atoms with van der Waals surface area (Å²) in [6.45, 7) is 0. The van der Waals surface area contributed by atoms with Gasteiger partial charge in [-0.1, -0.05) is 12.1 Å². The zero-order valence-electron chi connectivity index (χ0n) is 6.81. The quantitative estimate of drug-likeness (QED) is 0.515. The zero-order chi connectivity index (χ0) is 9.10. The summed E-state index contributed by atoms with van der Waals surface area (Å²) in [6.07, 6.45) is 3.58. The molecule has 0 amide bonds. The van der Waals surface area contributed by atoms with Gasteiger partial charge >= 0.3 is 0 Å². The Morgan fingerprint density at radius 3 is 2.92 bits per heavy atom. The summed E-state index contributed by atoms with van der Waals surface area (Å²) in [4.78, 5) is 14.2. The van der Waals surface area contributed by atoms with Gasteiger partial charge in [0.1, 0.15) is 11.8 Å². The number of para-hydroxylation sites is 2. The first-order valence-electron chi connectivity index (χ1n) is 3.87. The number of hydrogen-bond donors (Lipinski definition) is 0. The van der Waals surface area contributed by atoms with Crippen LogP contribution in [0.1, 0.15) is 5.89 Å². The molecule has 2 aromatic rings. The molecule has 13 heavy (non-hydrogen) atoms. The lowest BCUT2D eigenvalue weighted by molar-refractivity contribution is -0.104. The average molecular weight is 173 g/mol. The van der Waals surface area contributed by atoms with E-state index in [0.29, 0.717) is 12.2 Å². The van der Waals surface area contributed by atoms with E-state index in [4.69, 9.17) is 4.42 Å². The van der Waals surface area contributed by atoms with Crippen LogP contribution in [-0.2, 0) is 4.79 Å². The van der Waals surface area contributed by atoms with Crippen LogP contribution in [0.4, 0.5) is 0 Å². The SMILES string of the molecule is O=C/C=C/c1nc2ccccc2o1. The van der Waals surface area contributed by atoms with Crippen molar-refractivity contribution < 1.29 is 9.21 Å². The van der Waals surface area contributed by atoms with Crippen molar-refractivity contribution in [1.29, 1.82) is 0 Å². The minimum absolute atomic E-state index is 0.452. The van der Waals surface area contributed by atoms with Gasteiger partial charge in [-0.2, -0.15) is 0 Å². The van der Waals surface area contributed by atoms with Gasteiger partial charge in [-0.05, 0) is 18.2 Å². The van der Waals surface area contributed by atoms with Crippen molar-refractivity contribution in [3.63, 3.8) is 0 Å². The number of aldehydes is 1. The summed E-state index contributed by atoms with van der Waals surface area (Å²) in [5.74, 6) is 0.452. The molecular formula is C10H7NO2. The minimum Gasteiger partial charge on any atom is -0.437 e. The van der Waals surface area contributed by atoms with Crippen molar-refractivity contribution in [2.24, 2.45) is 0 Å². The Balaban J connectivity index is 2.49. The molecule has 0 saturated heterocycles. The number of allylic oxidation sites excluding steroid dienone is 1. The van der Waals surface area contributed by atoms with E-state index in [9.17, 15) is 4.79 Å². The highest BCUT2D eigenvalue weighted by atomic mass is 16.3. The van der Waals surface area contributed by atoms with Gasteiger partial charge < -0.3 is 4.42 Å². The van der Waals surface area contributed by atoms with E-state index >= 15 is 0 Å². The second-order valence-electron chi connectivity index (χ2n) is 2.52. The number of benzene rings is 1. The third-order valence-electron chi connectivity index (χ3n) is 1.63. The Bertz CT molecular complexity index is 424. The summed E-state index contributed by atoms with van der Waals surface area (Å²) in [6, 6.07) is 7.45. The van der Waals surface area contributed by atoms with Gasteiger partial charge in [-0.15, -0.1) is 0 Å². The highest BCUT2D eigenvalue weighted by Crippen LogP contribution is 2.14. The summed E-state index contributed by atoms with van der Waals surface area (Å²) < 4.78 is 5.31. The van der Waals surface area contributed by atoms with Crippen LogP contribution >= 0.6 is 0 Å². The predicted molar refractivity (Wildman–Crippen MR) is 49.1 cm³/mol. The number of oxazole rings is 1. The van der Waals surface area contributed by atoms with E-state index in [-0.39, 0.29) is 0 Å². The maximum Gasteiger partial charge on any atom is 0.220 e. The van der Waals surface area contributed by atoms with Crippen molar-refractivity contribution in [3.8, 4) is 0 Å². The summed E-state index contributed by atoms with van der Waals surface area (Å²) >= 11 is 0. The van der Waals surface area contributed by atoms with Crippen molar-refractivity contribution in [2.75, 3.05) is 0 Å². The van der Waals surface area contributed by atoms with E-state index in [1.807, 2.05) is 24.3 Å². The van der Waals surface area contributed by atoms with Crippen LogP contribution in [0, 0.1) is 0 Å². The molecule has 0 unspecified atom stereocenters. The highest BCUT2D eigenvalue weighted by Gasteiger charge is 1.99. The molecule has 0 saturated carbocycles. The van der Waals surface area contributed by atoms with Crippen LogP contribution in [0.5, 0.6) is 0 Å². The molecule has 1 heterocycles. The van der Waals surface area contributed by atoms with E-state index in [2.05, 4.69) is 4.98 Å². The first kappa shape index (κ1) is 7.73. The van der Waals surface area contributed by atoms with Crippen LogP contribution in [0.15, 0.2) is 34.8 Å². The minimum atomic E-state index is 0.452. The highest BCUT2D eigenvalue weighted by molar-refractivity contribution is 5.76. The molecule has 0 aliphatic carbocycles. The van der Waals surface area contributed by atoms with E-state index in [1.165, 1.54) is 12.2 Å². The lowest BCUT2D eigenvalue weighted by Gasteiger charge is -1.79. The molecule has 3 nitrogen and oxygen atoms in total. The zero-order valence-corrected chi connectivity index (χ0v) is 6.81. The fourth-order valence-corrected chi connectivity index (χ4v) is 1.08. The molecule has 64 valence electrons. The molecule has 3 heteroatoms. The molecule has 0 aliphatic heterocycles. The molecular weight excluding hydrogens is 166 g/mol. The van der Waals surface area contributed by atoms with Gasteiger partial charge in [-0.3, -0.25) is 4.79 Å². The van der Waals surface area contributed by atoms with Crippen LogP contribution in [0.3, 0.4) is 0 Å². The normalized spacial score (nSPS) is 11.1. The topological polar surface area (TPSA) is 43.1 Å². The monoisotopic (exact) mass is 173 g/mol. The third-order valence-corrected chi connectivity index (χ3v) is 1.63. The second kappa shape index (κ2) is 3.23. The first-order valence-corrected chi connectivity index (χ1v) is 3.87. The summed E-state index contributed by atoms with van der Waals surface area (Å²) in [5.41, 5.74) is 1.53. The van der Waals surface area contributed by atoms with Crippen LogP contribution in [-0.4, -0.2) is 11.3 Å². The van der Waals surface area contributed by atoms with Gasteiger partial charge in [0.25, 0.3) is 0 Å². The number of hydrogen-bond acceptors (Lipinski definition) is 3. The number of fused-ring (bicyclic) bond motifs is 1. The van der Waals surface area contributed by atoms with Crippen molar-refractivity contribution in [3.05, 3.63) is 36.2 Å². The Morgan fingerprint density at radius 2 is 2.15 bits per heavy atom.